The van der Waals surface area contributed by atoms with Crippen LogP contribution in [0.1, 0.15) is 16.7 Å². The number of phenolic OH excluding ortho intramolecular Hbond substituents is 1. The van der Waals surface area contributed by atoms with Gasteiger partial charge in [-0.05, 0) is 29.7 Å². The molecule has 0 aromatic heterocycles. The largest absolute Gasteiger partial charge is 0.508 e. The molecule has 66 valence electrons. The molecule has 0 bridgehead atoms. The number of hydrogen-bond donors (Lipinski definition) is 3. The van der Waals surface area contributed by atoms with E-state index in [0.717, 1.165) is 0 Å². The van der Waals surface area contributed by atoms with Crippen molar-refractivity contribution in [2.75, 3.05) is 0 Å². The first-order chi connectivity index (χ1) is 5.69. The van der Waals surface area contributed by atoms with Gasteiger partial charge in [0, 0.05) is 0 Å². The molecule has 1 rings (SSSR count). The third-order valence-electron chi connectivity index (χ3n) is 1.90. The molecule has 3 heteroatoms. The zero-order valence-corrected chi connectivity index (χ0v) is 6.91. The minimum atomic E-state index is -0.124. The Bertz CT molecular complexity index is 281. The second kappa shape index (κ2) is 3.56. The van der Waals surface area contributed by atoms with E-state index in [4.69, 9.17) is 10.2 Å². The van der Waals surface area contributed by atoms with Crippen LogP contribution in [0.5, 0.6) is 5.75 Å². The van der Waals surface area contributed by atoms with Gasteiger partial charge >= 0.3 is 0 Å². The van der Waals surface area contributed by atoms with Gasteiger partial charge in [-0.2, -0.15) is 0 Å². The lowest BCUT2D eigenvalue weighted by molar-refractivity contribution is 0.273. The Morgan fingerprint density at radius 1 is 1.17 bits per heavy atom. The molecule has 0 aliphatic carbocycles. The molecule has 0 saturated heterocycles. The molecule has 1 aromatic carbocycles. The van der Waals surface area contributed by atoms with Crippen molar-refractivity contribution in [3.63, 3.8) is 0 Å². The lowest BCUT2D eigenvalue weighted by atomic mass is 10.0. The smallest absolute Gasteiger partial charge is 0.119 e. The first kappa shape index (κ1) is 9.03. The zero-order valence-electron chi connectivity index (χ0n) is 6.91. The summed E-state index contributed by atoms with van der Waals surface area (Å²) in [7, 11) is 0. The van der Waals surface area contributed by atoms with Crippen molar-refractivity contribution in [3.8, 4) is 5.75 Å². The molecule has 3 nitrogen and oxygen atoms in total. The molecular weight excluding hydrogens is 156 g/mol. The third kappa shape index (κ3) is 1.57. The van der Waals surface area contributed by atoms with Gasteiger partial charge in [-0.1, -0.05) is 6.07 Å². The molecule has 0 radical (unpaired) electrons. The van der Waals surface area contributed by atoms with Gasteiger partial charge in [0.25, 0.3) is 0 Å². The summed E-state index contributed by atoms with van der Waals surface area (Å²) in [6, 6.07) is 3.17. The molecule has 0 amide bonds. The van der Waals surface area contributed by atoms with E-state index in [9.17, 15) is 5.11 Å². The van der Waals surface area contributed by atoms with Crippen molar-refractivity contribution in [1.82, 2.24) is 0 Å². The lowest BCUT2D eigenvalue weighted by Gasteiger charge is -2.07. The maximum absolute atomic E-state index is 9.32. The maximum Gasteiger partial charge on any atom is 0.119 e. The highest BCUT2D eigenvalue weighted by atomic mass is 16.3. The Kier molecular flexibility index (Phi) is 2.68. The van der Waals surface area contributed by atoms with E-state index < -0.39 is 0 Å². The van der Waals surface area contributed by atoms with Gasteiger partial charge in [-0.15, -0.1) is 0 Å². The van der Waals surface area contributed by atoms with Crippen LogP contribution < -0.4 is 0 Å². The van der Waals surface area contributed by atoms with Crippen molar-refractivity contribution in [2.24, 2.45) is 0 Å². The van der Waals surface area contributed by atoms with Crippen LogP contribution in [-0.2, 0) is 13.2 Å². The standard InChI is InChI=1S/C9H12O3/c1-6-8(5-11)2-7(4-10)3-9(6)12/h2-3,10-12H,4-5H2,1H3. The average molecular weight is 168 g/mol. The SMILES string of the molecule is Cc1c(O)cc(CO)cc1CO. The van der Waals surface area contributed by atoms with Crippen LogP contribution in [0.15, 0.2) is 12.1 Å². The summed E-state index contributed by atoms with van der Waals surface area (Å²) < 4.78 is 0. The van der Waals surface area contributed by atoms with Crippen LogP contribution in [-0.4, -0.2) is 15.3 Å². The second-order valence-corrected chi connectivity index (χ2v) is 2.72. The number of rotatable bonds is 2. The van der Waals surface area contributed by atoms with Crippen molar-refractivity contribution in [1.29, 1.82) is 0 Å². The maximum atomic E-state index is 9.32. The van der Waals surface area contributed by atoms with Crippen molar-refractivity contribution in [2.45, 2.75) is 20.1 Å². The van der Waals surface area contributed by atoms with Gasteiger partial charge in [0.05, 0.1) is 13.2 Å². The highest BCUT2D eigenvalue weighted by molar-refractivity contribution is 5.41. The van der Waals surface area contributed by atoms with E-state index in [1.165, 1.54) is 6.07 Å². The van der Waals surface area contributed by atoms with Gasteiger partial charge < -0.3 is 15.3 Å². The predicted molar refractivity (Wildman–Crippen MR) is 44.7 cm³/mol. The van der Waals surface area contributed by atoms with Crippen LogP contribution >= 0.6 is 0 Å². The molecule has 12 heavy (non-hydrogen) atoms. The number of aromatic hydroxyl groups is 1. The fourth-order valence-corrected chi connectivity index (χ4v) is 1.08. The fraction of sp³-hybridized carbons (Fsp3) is 0.333. The second-order valence-electron chi connectivity index (χ2n) is 2.72. The molecule has 1 aromatic rings. The molecule has 0 atom stereocenters. The van der Waals surface area contributed by atoms with Crippen molar-refractivity contribution < 1.29 is 15.3 Å². The Labute approximate surface area is 70.9 Å². The molecule has 0 heterocycles. The summed E-state index contributed by atoms with van der Waals surface area (Å²) in [6.07, 6.45) is 0. The molecule has 3 N–H and O–H groups in total. The highest BCUT2D eigenvalue weighted by Crippen LogP contribution is 2.22. The van der Waals surface area contributed by atoms with Crippen LogP contribution in [0.2, 0.25) is 0 Å². The summed E-state index contributed by atoms with van der Waals surface area (Å²) in [5, 5.41) is 27.0. The summed E-state index contributed by atoms with van der Waals surface area (Å²) in [5.41, 5.74) is 1.93. The van der Waals surface area contributed by atoms with E-state index in [0.29, 0.717) is 16.7 Å². The van der Waals surface area contributed by atoms with Crippen LogP contribution in [0.25, 0.3) is 0 Å². The predicted octanol–water partition coefficient (Wildman–Crippen LogP) is 0.685. The number of benzene rings is 1. The fourth-order valence-electron chi connectivity index (χ4n) is 1.08. The minimum Gasteiger partial charge on any atom is -0.508 e. The van der Waals surface area contributed by atoms with E-state index in [1.807, 2.05) is 0 Å². The van der Waals surface area contributed by atoms with Gasteiger partial charge in [-0.25, -0.2) is 0 Å². The number of phenols is 1. The Balaban J connectivity index is 3.19. The Morgan fingerprint density at radius 3 is 2.33 bits per heavy atom. The van der Waals surface area contributed by atoms with Gasteiger partial charge in [0.1, 0.15) is 5.75 Å². The Morgan fingerprint density at radius 2 is 1.83 bits per heavy atom. The normalized spacial score (nSPS) is 10.2. The number of aliphatic hydroxyl groups is 2. The molecular formula is C9H12O3. The number of aliphatic hydroxyl groups excluding tert-OH is 2. The number of hydrogen-bond acceptors (Lipinski definition) is 3. The monoisotopic (exact) mass is 168 g/mol. The van der Waals surface area contributed by atoms with Crippen molar-refractivity contribution in [3.05, 3.63) is 28.8 Å². The van der Waals surface area contributed by atoms with E-state index >= 15 is 0 Å². The van der Waals surface area contributed by atoms with E-state index in [1.54, 1.807) is 13.0 Å². The van der Waals surface area contributed by atoms with Gasteiger partial charge in [0.2, 0.25) is 0 Å². The molecule has 0 aliphatic heterocycles. The van der Waals surface area contributed by atoms with Crippen LogP contribution in [0.3, 0.4) is 0 Å². The summed E-state index contributed by atoms with van der Waals surface area (Å²) >= 11 is 0. The molecule has 0 spiro atoms. The summed E-state index contributed by atoms with van der Waals surface area (Å²) in [5.74, 6) is 0.116. The Hall–Kier alpha value is -1.06. The van der Waals surface area contributed by atoms with Gasteiger partial charge in [0.15, 0.2) is 0 Å². The summed E-state index contributed by atoms with van der Waals surface area (Å²) in [4.78, 5) is 0. The van der Waals surface area contributed by atoms with E-state index in [-0.39, 0.29) is 19.0 Å². The van der Waals surface area contributed by atoms with Crippen LogP contribution in [0.4, 0.5) is 0 Å². The zero-order chi connectivity index (χ0) is 9.14. The molecule has 0 aliphatic rings. The van der Waals surface area contributed by atoms with Gasteiger partial charge in [-0.3, -0.25) is 0 Å². The topological polar surface area (TPSA) is 60.7 Å². The lowest BCUT2D eigenvalue weighted by Crippen LogP contribution is -1.93. The summed E-state index contributed by atoms with van der Waals surface area (Å²) in [6.45, 7) is 1.48. The highest BCUT2D eigenvalue weighted by Gasteiger charge is 2.04. The quantitative estimate of drug-likeness (QED) is 0.608. The molecule has 0 fully saturated rings. The van der Waals surface area contributed by atoms with E-state index in [2.05, 4.69) is 0 Å². The minimum absolute atomic E-state index is 0.116. The van der Waals surface area contributed by atoms with Crippen LogP contribution in [0, 0.1) is 6.92 Å². The average Bonchev–Trinajstić information content (AvgIpc) is 2.09. The first-order valence-corrected chi connectivity index (χ1v) is 3.72. The first-order valence-electron chi connectivity index (χ1n) is 3.72. The third-order valence-corrected chi connectivity index (χ3v) is 1.90. The van der Waals surface area contributed by atoms with Crippen molar-refractivity contribution >= 4 is 0 Å². The molecule has 0 saturated carbocycles. The molecule has 0 unspecified atom stereocenters.